The van der Waals surface area contributed by atoms with Crippen LogP contribution in [0, 0.1) is 0 Å². The first kappa shape index (κ1) is 20.2. The van der Waals surface area contributed by atoms with Crippen LogP contribution >= 0.6 is 35.6 Å². The van der Waals surface area contributed by atoms with Gasteiger partial charge in [-0.15, -0.1) is 12.4 Å². The van der Waals surface area contributed by atoms with E-state index in [9.17, 15) is 13.9 Å². The van der Waals surface area contributed by atoms with Crippen LogP contribution in [0.4, 0.5) is 8.78 Å². The molecule has 1 aromatic carbocycles. The van der Waals surface area contributed by atoms with Gasteiger partial charge in [0.1, 0.15) is 0 Å². The molecular weight excluding hydrogens is 379 g/mol. The molecule has 0 amide bonds. The summed E-state index contributed by atoms with van der Waals surface area (Å²) in [6.07, 6.45) is 2.44. The van der Waals surface area contributed by atoms with E-state index >= 15 is 0 Å². The second-order valence-corrected chi connectivity index (χ2v) is 7.66. The van der Waals surface area contributed by atoms with E-state index < -0.39 is 12.0 Å². The first-order valence-corrected chi connectivity index (χ1v) is 8.82. The Labute approximate surface area is 157 Å². The first-order chi connectivity index (χ1) is 10.8. The zero-order valence-electron chi connectivity index (χ0n) is 13.3. The van der Waals surface area contributed by atoms with Crippen LogP contribution in [0.3, 0.4) is 0 Å². The van der Waals surface area contributed by atoms with Crippen molar-refractivity contribution in [3.63, 3.8) is 0 Å². The number of hydrogen-bond donors (Lipinski definition) is 1. The summed E-state index contributed by atoms with van der Waals surface area (Å²) < 4.78 is 27.1. The number of benzene rings is 1. The van der Waals surface area contributed by atoms with Crippen LogP contribution in [-0.2, 0) is 5.41 Å². The molecule has 0 radical (unpaired) electrons. The van der Waals surface area contributed by atoms with Gasteiger partial charge in [-0.05, 0) is 43.5 Å². The minimum absolute atomic E-state index is 0. The van der Waals surface area contributed by atoms with Gasteiger partial charge in [-0.3, -0.25) is 4.90 Å². The third-order valence-corrected chi connectivity index (χ3v) is 6.02. The third kappa shape index (κ3) is 3.99. The topological polar surface area (TPSA) is 23.5 Å². The van der Waals surface area contributed by atoms with Crippen molar-refractivity contribution in [3.8, 4) is 0 Å². The SMILES string of the molecule is Cl.OC(CN1CCCC(F)(F)C1)C1(c2ccc(Cl)c(Cl)c2)CCC1. The molecule has 3 rings (SSSR count). The average molecular weight is 401 g/mol. The van der Waals surface area contributed by atoms with Crippen LogP contribution in [0.1, 0.15) is 37.7 Å². The van der Waals surface area contributed by atoms with Crippen LogP contribution in [0.15, 0.2) is 18.2 Å². The Morgan fingerprint density at radius 1 is 1.12 bits per heavy atom. The van der Waals surface area contributed by atoms with Gasteiger partial charge < -0.3 is 5.11 Å². The normalized spacial score (nSPS) is 23.9. The highest BCUT2D eigenvalue weighted by molar-refractivity contribution is 6.42. The van der Waals surface area contributed by atoms with Gasteiger partial charge in [-0.25, -0.2) is 8.78 Å². The Balaban J connectivity index is 0.00000208. The fraction of sp³-hybridized carbons (Fsp3) is 0.647. The molecule has 1 saturated heterocycles. The van der Waals surface area contributed by atoms with Crippen LogP contribution in [0.2, 0.25) is 10.0 Å². The van der Waals surface area contributed by atoms with Crippen LogP contribution in [0.5, 0.6) is 0 Å². The molecule has 1 saturated carbocycles. The Morgan fingerprint density at radius 2 is 1.83 bits per heavy atom. The second kappa shape index (κ2) is 7.63. The summed E-state index contributed by atoms with van der Waals surface area (Å²) in [5.74, 6) is -2.64. The van der Waals surface area contributed by atoms with E-state index in [0.29, 0.717) is 23.0 Å². The number of hydrogen-bond acceptors (Lipinski definition) is 2. The fourth-order valence-electron chi connectivity index (χ4n) is 3.80. The molecule has 1 aliphatic carbocycles. The maximum atomic E-state index is 13.6. The van der Waals surface area contributed by atoms with Crippen molar-refractivity contribution in [1.29, 1.82) is 0 Å². The average Bonchev–Trinajstić information content (AvgIpc) is 2.40. The highest BCUT2D eigenvalue weighted by Gasteiger charge is 2.46. The second-order valence-electron chi connectivity index (χ2n) is 6.85. The number of nitrogens with zero attached hydrogens (tertiary/aromatic N) is 1. The minimum atomic E-state index is -2.64. The maximum absolute atomic E-state index is 13.6. The molecule has 0 aromatic heterocycles. The maximum Gasteiger partial charge on any atom is 0.260 e. The van der Waals surface area contributed by atoms with Crippen molar-refractivity contribution >= 4 is 35.6 Å². The molecule has 1 heterocycles. The van der Waals surface area contributed by atoms with E-state index in [1.807, 2.05) is 6.07 Å². The van der Waals surface area contributed by atoms with Gasteiger partial charge in [0.25, 0.3) is 5.92 Å². The van der Waals surface area contributed by atoms with Crippen molar-refractivity contribution in [3.05, 3.63) is 33.8 Å². The van der Waals surface area contributed by atoms with Crippen molar-refractivity contribution in [2.45, 2.75) is 49.5 Å². The lowest BCUT2D eigenvalue weighted by Gasteiger charge is -2.48. The van der Waals surface area contributed by atoms with Crippen molar-refractivity contribution in [2.75, 3.05) is 19.6 Å². The number of aliphatic hydroxyl groups is 1. The van der Waals surface area contributed by atoms with E-state index in [-0.39, 0.29) is 37.3 Å². The van der Waals surface area contributed by atoms with E-state index in [1.165, 1.54) is 0 Å². The minimum Gasteiger partial charge on any atom is -0.391 e. The summed E-state index contributed by atoms with van der Waals surface area (Å²) in [6.45, 7) is 0.626. The Morgan fingerprint density at radius 3 is 2.38 bits per heavy atom. The predicted octanol–water partition coefficient (Wildman–Crippen LogP) is 4.93. The van der Waals surface area contributed by atoms with Crippen LogP contribution < -0.4 is 0 Å². The fourth-order valence-corrected chi connectivity index (χ4v) is 4.10. The number of likely N-dealkylation sites (tertiary alicyclic amines) is 1. The Bertz CT molecular complexity index is 581. The van der Waals surface area contributed by atoms with Crippen molar-refractivity contribution < 1.29 is 13.9 Å². The molecule has 136 valence electrons. The number of piperidine rings is 1. The standard InChI is InChI=1S/C17H21Cl2F2NO.ClH/c18-13-4-3-12(9-14(13)19)16(5-1-6-16)15(23)10-22-8-2-7-17(20,21)11-22;/h3-4,9,15,23H,1-2,5-8,10-11H2;1H. The number of rotatable bonds is 4. The van der Waals surface area contributed by atoms with Crippen molar-refractivity contribution in [2.24, 2.45) is 0 Å². The highest BCUT2D eigenvalue weighted by atomic mass is 35.5. The predicted molar refractivity (Wildman–Crippen MR) is 95.9 cm³/mol. The molecule has 1 unspecified atom stereocenters. The molecule has 0 bridgehead atoms. The van der Waals surface area contributed by atoms with E-state index in [1.54, 1.807) is 17.0 Å². The molecule has 0 spiro atoms. The lowest BCUT2D eigenvalue weighted by molar-refractivity contribution is -0.0821. The van der Waals surface area contributed by atoms with Gasteiger partial charge in [-0.2, -0.15) is 0 Å². The lowest BCUT2D eigenvalue weighted by atomic mass is 9.61. The first-order valence-electron chi connectivity index (χ1n) is 8.06. The summed E-state index contributed by atoms with van der Waals surface area (Å²) in [4.78, 5) is 1.69. The summed E-state index contributed by atoms with van der Waals surface area (Å²) >= 11 is 12.1. The molecular formula is C17H22Cl3F2NO. The number of β-amino-alcohol motifs (C(OH)–C–C–N with tert-alkyl or cyclic N) is 1. The Hall–Kier alpha value is -0.130. The van der Waals surface area contributed by atoms with Gasteiger partial charge in [-0.1, -0.05) is 35.7 Å². The molecule has 1 aromatic rings. The molecule has 1 N–H and O–H groups in total. The van der Waals surface area contributed by atoms with Gasteiger partial charge in [0.2, 0.25) is 0 Å². The van der Waals surface area contributed by atoms with E-state index in [2.05, 4.69) is 0 Å². The molecule has 7 heteroatoms. The molecule has 2 nitrogen and oxygen atoms in total. The lowest BCUT2D eigenvalue weighted by Crippen LogP contribution is -2.53. The molecule has 1 atom stereocenters. The molecule has 2 fully saturated rings. The van der Waals surface area contributed by atoms with Gasteiger partial charge >= 0.3 is 0 Å². The number of halogens is 5. The summed E-state index contributed by atoms with van der Waals surface area (Å²) in [5, 5.41) is 11.7. The summed E-state index contributed by atoms with van der Waals surface area (Å²) in [5.41, 5.74) is 0.565. The Kier molecular flexibility index (Phi) is 6.41. The molecule has 24 heavy (non-hydrogen) atoms. The zero-order valence-corrected chi connectivity index (χ0v) is 15.6. The van der Waals surface area contributed by atoms with Crippen LogP contribution in [0.25, 0.3) is 0 Å². The highest BCUT2D eigenvalue weighted by Crippen LogP contribution is 2.48. The van der Waals surface area contributed by atoms with Crippen LogP contribution in [-0.4, -0.2) is 41.7 Å². The smallest absolute Gasteiger partial charge is 0.260 e. The molecule has 2 aliphatic rings. The van der Waals surface area contributed by atoms with Gasteiger partial charge in [0.15, 0.2) is 0 Å². The van der Waals surface area contributed by atoms with Gasteiger partial charge in [0.05, 0.1) is 22.7 Å². The van der Waals surface area contributed by atoms with E-state index in [4.69, 9.17) is 23.2 Å². The summed E-state index contributed by atoms with van der Waals surface area (Å²) in [6, 6.07) is 5.43. The third-order valence-electron chi connectivity index (χ3n) is 5.28. The monoisotopic (exact) mass is 399 g/mol. The van der Waals surface area contributed by atoms with Gasteiger partial charge in [0, 0.05) is 18.4 Å². The zero-order chi connectivity index (χ0) is 16.7. The molecule has 1 aliphatic heterocycles. The summed E-state index contributed by atoms with van der Waals surface area (Å²) in [7, 11) is 0. The largest absolute Gasteiger partial charge is 0.391 e. The number of aliphatic hydroxyl groups excluding tert-OH is 1. The number of alkyl halides is 2. The van der Waals surface area contributed by atoms with E-state index in [0.717, 1.165) is 24.8 Å². The van der Waals surface area contributed by atoms with Crippen molar-refractivity contribution in [1.82, 2.24) is 4.90 Å². The quantitative estimate of drug-likeness (QED) is 0.774.